The van der Waals surface area contributed by atoms with Crippen LogP contribution in [-0.4, -0.2) is 44.1 Å². The SMILES string of the molecule is O=C(NCCc1[nH]cnc1-c1cccs1)c1ccc2c(c1)C(=O)N(Cc1ccccn1)C2=O. The van der Waals surface area contributed by atoms with Gasteiger partial charge in [0.2, 0.25) is 0 Å². The number of rotatable bonds is 7. The molecular formula is C24H19N5O3S. The molecule has 8 nitrogen and oxygen atoms in total. The predicted octanol–water partition coefficient (Wildman–Crippen LogP) is 3.30. The molecule has 1 aliphatic rings. The van der Waals surface area contributed by atoms with Crippen LogP contribution in [0.3, 0.4) is 0 Å². The number of carbonyl (C=O) groups is 3. The fourth-order valence-electron chi connectivity index (χ4n) is 3.77. The second kappa shape index (κ2) is 8.79. The maximum absolute atomic E-state index is 12.8. The number of fused-ring (bicyclic) bond motifs is 1. The summed E-state index contributed by atoms with van der Waals surface area (Å²) in [4.78, 5) is 52.1. The third-order valence-electron chi connectivity index (χ3n) is 5.41. The predicted molar refractivity (Wildman–Crippen MR) is 123 cm³/mol. The van der Waals surface area contributed by atoms with Crippen molar-refractivity contribution in [3.8, 4) is 10.6 Å². The molecule has 0 unspecified atom stereocenters. The highest BCUT2D eigenvalue weighted by Gasteiger charge is 2.36. The lowest BCUT2D eigenvalue weighted by atomic mass is 10.1. The minimum atomic E-state index is -0.423. The third kappa shape index (κ3) is 4.06. The number of hydrogen-bond acceptors (Lipinski definition) is 6. The molecular weight excluding hydrogens is 438 g/mol. The number of nitrogens with one attached hydrogen (secondary N) is 2. The zero-order chi connectivity index (χ0) is 22.8. The Morgan fingerprint density at radius 3 is 2.70 bits per heavy atom. The number of aromatic amines is 1. The van der Waals surface area contributed by atoms with Gasteiger partial charge in [0.05, 0.1) is 34.6 Å². The Labute approximate surface area is 193 Å². The zero-order valence-electron chi connectivity index (χ0n) is 17.4. The van der Waals surface area contributed by atoms with Gasteiger partial charge in [-0.3, -0.25) is 24.3 Å². The Morgan fingerprint density at radius 1 is 1.03 bits per heavy atom. The molecule has 0 saturated carbocycles. The van der Waals surface area contributed by atoms with E-state index in [1.165, 1.54) is 12.1 Å². The molecule has 0 radical (unpaired) electrons. The largest absolute Gasteiger partial charge is 0.352 e. The first kappa shape index (κ1) is 20.8. The highest BCUT2D eigenvalue weighted by atomic mass is 32.1. The van der Waals surface area contributed by atoms with Gasteiger partial charge in [-0.25, -0.2) is 4.98 Å². The molecule has 0 saturated heterocycles. The van der Waals surface area contributed by atoms with Crippen molar-refractivity contribution in [3.05, 3.63) is 94.5 Å². The van der Waals surface area contributed by atoms with E-state index < -0.39 is 5.91 Å². The lowest BCUT2D eigenvalue weighted by Crippen LogP contribution is -2.29. The van der Waals surface area contributed by atoms with E-state index in [-0.39, 0.29) is 23.9 Å². The van der Waals surface area contributed by atoms with Gasteiger partial charge in [0.1, 0.15) is 5.69 Å². The van der Waals surface area contributed by atoms with Gasteiger partial charge in [-0.15, -0.1) is 11.3 Å². The molecule has 0 bridgehead atoms. The molecule has 0 fully saturated rings. The van der Waals surface area contributed by atoms with Crippen LogP contribution >= 0.6 is 11.3 Å². The number of imidazole rings is 1. The highest BCUT2D eigenvalue weighted by molar-refractivity contribution is 7.13. The fraction of sp³-hybridized carbons (Fsp3) is 0.125. The summed E-state index contributed by atoms with van der Waals surface area (Å²) in [6.07, 6.45) is 3.84. The Balaban J connectivity index is 1.25. The van der Waals surface area contributed by atoms with E-state index in [9.17, 15) is 14.4 Å². The van der Waals surface area contributed by atoms with Gasteiger partial charge in [-0.1, -0.05) is 12.1 Å². The first-order valence-corrected chi connectivity index (χ1v) is 11.2. The summed E-state index contributed by atoms with van der Waals surface area (Å²) in [5.74, 6) is -1.11. The molecule has 0 aliphatic carbocycles. The number of imide groups is 1. The third-order valence-corrected chi connectivity index (χ3v) is 6.29. The minimum absolute atomic E-state index is 0.0888. The van der Waals surface area contributed by atoms with Crippen molar-refractivity contribution < 1.29 is 14.4 Å². The number of thiophene rings is 1. The normalized spacial score (nSPS) is 12.8. The van der Waals surface area contributed by atoms with Crippen molar-refractivity contribution >= 4 is 29.1 Å². The van der Waals surface area contributed by atoms with E-state index in [1.807, 2.05) is 17.5 Å². The van der Waals surface area contributed by atoms with Crippen LogP contribution in [0.25, 0.3) is 10.6 Å². The summed E-state index contributed by atoms with van der Waals surface area (Å²) in [7, 11) is 0. The number of aromatic nitrogens is 3. The summed E-state index contributed by atoms with van der Waals surface area (Å²) < 4.78 is 0. The van der Waals surface area contributed by atoms with Gasteiger partial charge in [-0.2, -0.15) is 0 Å². The Morgan fingerprint density at radius 2 is 1.91 bits per heavy atom. The van der Waals surface area contributed by atoms with E-state index in [0.29, 0.717) is 29.8 Å². The summed E-state index contributed by atoms with van der Waals surface area (Å²) in [6.45, 7) is 0.487. The topological polar surface area (TPSA) is 108 Å². The Kier molecular flexibility index (Phi) is 5.54. The molecule has 2 N–H and O–H groups in total. The van der Waals surface area contributed by atoms with Gasteiger partial charge in [-0.05, 0) is 41.8 Å². The summed E-state index contributed by atoms with van der Waals surface area (Å²) in [6, 6.07) is 13.9. The molecule has 0 spiro atoms. The van der Waals surface area contributed by atoms with Crippen LogP contribution in [0.1, 0.15) is 42.5 Å². The molecule has 164 valence electrons. The van der Waals surface area contributed by atoms with Crippen molar-refractivity contribution in [3.63, 3.8) is 0 Å². The van der Waals surface area contributed by atoms with E-state index in [0.717, 1.165) is 21.2 Å². The maximum atomic E-state index is 12.8. The lowest BCUT2D eigenvalue weighted by Gasteiger charge is -2.12. The van der Waals surface area contributed by atoms with E-state index in [2.05, 4.69) is 20.3 Å². The average Bonchev–Trinajstić information content (AvgIpc) is 3.57. The molecule has 5 rings (SSSR count). The molecule has 9 heteroatoms. The average molecular weight is 458 g/mol. The van der Waals surface area contributed by atoms with Crippen molar-refractivity contribution in [1.29, 1.82) is 0 Å². The molecule has 1 aromatic carbocycles. The van der Waals surface area contributed by atoms with Crippen molar-refractivity contribution in [2.24, 2.45) is 0 Å². The van der Waals surface area contributed by atoms with Gasteiger partial charge in [0, 0.05) is 30.4 Å². The Bertz CT molecular complexity index is 1330. The minimum Gasteiger partial charge on any atom is -0.352 e. The number of H-pyrrole nitrogens is 1. The monoisotopic (exact) mass is 457 g/mol. The summed E-state index contributed by atoms with van der Waals surface area (Å²) >= 11 is 1.61. The molecule has 1 aliphatic heterocycles. The van der Waals surface area contributed by atoms with Crippen molar-refractivity contribution in [2.75, 3.05) is 6.54 Å². The first-order valence-electron chi connectivity index (χ1n) is 10.4. The van der Waals surface area contributed by atoms with Crippen LogP contribution in [-0.2, 0) is 13.0 Å². The van der Waals surface area contributed by atoms with Crippen LogP contribution in [0.5, 0.6) is 0 Å². The summed E-state index contributed by atoms with van der Waals surface area (Å²) in [5, 5.41) is 4.87. The second-order valence-electron chi connectivity index (χ2n) is 7.49. The van der Waals surface area contributed by atoms with Crippen LogP contribution in [0.4, 0.5) is 0 Å². The number of hydrogen-bond donors (Lipinski definition) is 2. The van der Waals surface area contributed by atoms with E-state index in [1.54, 1.807) is 48.1 Å². The molecule has 0 atom stereocenters. The number of benzene rings is 1. The maximum Gasteiger partial charge on any atom is 0.261 e. The number of nitrogens with zero attached hydrogens (tertiary/aromatic N) is 3. The van der Waals surface area contributed by atoms with Crippen LogP contribution in [0.2, 0.25) is 0 Å². The zero-order valence-corrected chi connectivity index (χ0v) is 18.3. The molecule has 33 heavy (non-hydrogen) atoms. The standard InChI is InChI=1S/C24H19N5O3S/c30-22(26-10-8-19-21(28-14-27-19)20-5-3-11-33-20)15-6-7-17-18(12-15)24(32)29(23(17)31)13-16-4-1-2-9-25-16/h1-7,9,11-12,14H,8,10,13H2,(H,26,30)(H,27,28). The molecule has 4 aromatic rings. The van der Waals surface area contributed by atoms with Gasteiger partial charge < -0.3 is 10.3 Å². The van der Waals surface area contributed by atoms with Crippen LogP contribution in [0, 0.1) is 0 Å². The first-order chi connectivity index (χ1) is 16.1. The molecule has 4 heterocycles. The lowest BCUT2D eigenvalue weighted by molar-refractivity contribution is 0.0640. The van der Waals surface area contributed by atoms with Crippen molar-refractivity contribution in [1.82, 2.24) is 25.2 Å². The second-order valence-corrected chi connectivity index (χ2v) is 8.44. The Hall–Kier alpha value is -4.11. The van der Waals surface area contributed by atoms with E-state index >= 15 is 0 Å². The molecule has 3 amide bonds. The smallest absolute Gasteiger partial charge is 0.261 e. The van der Waals surface area contributed by atoms with Crippen molar-refractivity contribution in [2.45, 2.75) is 13.0 Å². The summed E-state index contributed by atoms with van der Waals surface area (Å²) in [5.41, 5.74) is 3.30. The van der Waals surface area contributed by atoms with Gasteiger partial charge in [0.25, 0.3) is 17.7 Å². The number of carbonyl (C=O) groups excluding carboxylic acids is 3. The quantitative estimate of drug-likeness (QED) is 0.414. The fourth-order valence-corrected chi connectivity index (χ4v) is 4.52. The molecule has 3 aromatic heterocycles. The number of amides is 3. The van der Waals surface area contributed by atoms with Crippen LogP contribution < -0.4 is 5.32 Å². The van der Waals surface area contributed by atoms with Crippen LogP contribution in [0.15, 0.2) is 66.4 Å². The van der Waals surface area contributed by atoms with Gasteiger partial charge in [0.15, 0.2) is 0 Å². The van der Waals surface area contributed by atoms with Gasteiger partial charge >= 0.3 is 0 Å². The van der Waals surface area contributed by atoms with E-state index in [4.69, 9.17) is 0 Å². The highest BCUT2D eigenvalue weighted by Crippen LogP contribution is 2.26. The number of pyridine rings is 1.